The Morgan fingerprint density at radius 2 is 1.74 bits per heavy atom. The zero-order chi connectivity index (χ0) is 16.8. The minimum Gasteiger partial charge on any atom is -0.497 e. The third-order valence-corrected chi connectivity index (χ3v) is 4.13. The van der Waals surface area contributed by atoms with Crippen LogP contribution >= 0.6 is 0 Å². The largest absolute Gasteiger partial charge is 0.497 e. The van der Waals surface area contributed by atoms with Crippen LogP contribution in [-0.4, -0.2) is 62.0 Å². The molecular weight excluding hydrogens is 296 g/mol. The van der Waals surface area contributed by atoms with Crippen molar-refractivity contribution < 1.29 is 19.1 Å². The standard InChI is InChI=1S/C17H24N2O4/c1-13(20)18-7-4-8-19(10-9-18)17(21)11-14-5-6-15(22-2)12-16(14)23-3/h5-6,12H,4,7-11H2,1-3H3. The van der Waals surface area contributed by atoms with E-state index in [1.54, 1.807) is 32.1 Å². The summed E-state index contributed by atoms with van der Waals surface area (Å²) < 4.78 is 10.5. The normalized spacial score (nSPS) is 15.1. The van der Waals surface area contributed by atoms with Gasteiger partial charge in [-0.3, -0.25) is 9.59 Å². The molecule has 6 nitrogen and oxygen atoms in total. The third kappa shape index (κ3) is 4.37. The summed E-state index contributed by atoms with van der Waals surface area (Å²) in [7, 11) is 3.18. The number of hydrogen-bond acceptors (Lipinski definition) is 4. The molecular formula is C17H24N2O4. The molecule has 0 spiro atoms. The van der Waals surface area contributed by atoms with Crippen molar-refractivity contribution in [2.45, 2.75) is 19.8 Å². The highest BCUT2D eigenvalue weighted by Crippen LogP contribution is 2.25. The van der Waals surface area contributed by atoms with Gasteiger partial charge in [0, 0.05) is 44.7 Å². The molecule has 0 aromatic heterocycles. The predicted molar refractivity (Wildman–Crippen MR) is 86.7 cm³/mol. The molecule has 0 bridgehead atoms. The second kappa shape index (κ2) is 7.85. The molecule has 0 aliphatic carbocycles. The lowest BCUT2D eigenvalue weighted by atomic mass is 10.1. The van der Waals surface area contributed by atoms with Crippen LogP contribution in [0.25, 0.3) is 0 Å². The lowest BCUT2D eigenvalue weighted by Gasteiger charge is -2.22. The average molecular weight is 320 g/mol. The van der Waals surface area contributed by atoms with Crippen molar-refractivity contribution in [3.63, 3.8) is 0 Å². The number of carbonyl (C=O) groups excluding carboxylic acids is 2. The van der Waals surface area contributed by atoms with Crippen molar-refractivity contribution in [1.29, 1.82) is 0 Å². The van der Waals surface area contributed by atoms with E-state index in [0.29, 0.717) is 37.7 Å². The van der Waals surface area contributed by atoms with Crippen LogP contribution in [0.4, 0.5) is 0 Å². The molecule has 1 aromatic carbocycles. The Kier molecular flexibility index (Phi) is 5.84. The minimum absolute atomic E-state index is 0.0545. The number of hydrogen-bond donors (Lipinski definition) is 0. The summed E-state index contributed by atoms with van der Waals surface area (Å²) >= 11 is 0. The Morgan fingerprint density at radius 3 is 2.39 bits per heavy atom. The monoisotopic (exact) mass is 320 g/mol. The molecule has 1 fully saturated rings. The second-order valence-corrected chi connectivity index (χ2v) is 5.59. The lowest BCUT2D eigenvalue weighted by molar-refractivity contribution is -0.132. The number of carbonyl (C=O) groups is 2. The predicted octanol–water partition coefficient (Wildman–Crippen LogP) is 1.33. The zero-order valence-electron chi connectivity index (χ0n) is 14.0. The van der Waals surface area contributed by atoms with Gasteiger partial charge in [-0.2, -0.15) is 0 Å². The van der Waals surface area contributed by atoms with Crippen molar-refractivity contribution in [3.05, 3.63) is 23.8 Å². The topological polar surface area (TPSA) is 59.1 Å². The highest BCUT2D eigenvalue weighted by molar-refractivity contribution is 5.80. The Morgan fingerprint density at radius 1 is 1.04 bits per heavy atom. The molecule has 0 atom stereocenters. The molecule has 0 radical (unpaired) electrons. The number of methoxy groups -OCH3 is 2. The van der Waals surface area contributed by atoms with Crippen molar-refractivity contribution in [2.75, 3.05) is 40.4 Å². The fourth-order valence-electron chi connectivity index (χ4n) is 2.75. The average Bonchev–Trinajstić information content (AvgIpc) is 2.81. The zero-order valence-corrected chi connectivity index (χ0v) is 14.0. The van der Waals surface area contributed by atoms with Gasteiger partial charge in [-0.1, -0.05) is 6.07 Å². The van der Waals surface area contributed by atoms with Gasteiger partial charge in [0.25, 0.3) is 0 Å². The Bertz CT molecular complexity index is 574. The SMILES string of the molecule is COc1ccc(CC(=O)N2CCCN(C(C)=O)CC2)c(OC)c1. The Labute approximate surface area is 137 Å². The molecule has 1 saturated heterocycles. The maximum absolute atomic E-state index is 12.6. The van der Waals surface area contributed by atoms with E-state index < -0.39 is 0 Å². The summed E-state index contributed by atoms with van der Waals surface area (Å²) in [5.74, 6) is 1.47. The molecule has 1 aliphatic heterocycles. The van der Waals surface area contributed by atoms with Gasteiger partial charge >= 0.3 is 0 Å². The molecule has 126 valence electrons. The molecule has 1 aliphatic rings. The number of rotatable bonds is 4. The number of ether oxygens (including phenoxy) is 2. The van der Waals surface area contributed by atoms with E-state index >= 15 is 0 Å². The van der Waals surface area contributed by atoms with Crippen LogP contribution in [0.2, 0.25) is 0 Å². The summed E-state index contributed by atoms with van der Waals surface area (Å²) in [4.78, 5) is 27.6. The molecule has 0 N–H and O–H groups in total. The van der Waals surface area contributed by atoms with E-state index in [0.717, 1.165) is 12.0 Å². The quantitative estimate of drug-likeness (QED) is 0.840. The lowest BCUT2D eigenvalue weighted by Crippen LogP contribution is -2.37. The van der Waals surface area contributed by atoms with Crippen molar-refractivity contribution >= 4 is 11.8 Å². The second-order valence-electron chi connectivity index (χ2n) is 5.59. The number of nitrogens with zero attached hydrogens (tertiary/aromatic N) is 2. The molecule has 0 saturated carbocycles. The van der Waals surface area contributed by atoms with E-state index in [-0.39, 0.29) is 18.2 Å². The molecule has 23 heavy (non-hydrogen) atoms. The van der Waals surface area contributed by atoms with E-state index in [1.165, 1.54) is 0 Å². The van der Waals surface area contributed by atoms with E-state index in [4.69, 9.17) is 9.47 Å². The summed E-state index contributed by atoms with van der Waals surface area (Å²) in [6, 6.07) is 5.46. The molecule has 0 unspecified atom stereocenters. The smallest absolute Gasteiger partial charge is 0.227 e. The van der Waals surface area contributed by atoms with Gasteiger partial charge < -0.3 is 19.3 Å². The summed E-state index contributed by atoms with van der Waals surface area (Å²) in [5.41, 5.74) is 0.839. The molecule has 6 heteroatoms. The van der Waals surface area contributed by atoms with Crippen molar-refractivity contribution in [2.24, 2.45) is 0 Å². The molecule has 2 rings (SSSR count). The van der Waals surface area contributed by atoms with Crippen molar-refractivity contribution in [1.82, 2.24) is 9.80 Å². The van der Waals surface area contributed by atoms with Gasteiger partial charge in [0.05, 0.1) is 20.6 Å². The van der Waals surface area contributed by atoms with Crippen LogP contribution in [0.15, 0.2) is 18.2 Å². The third-order valence-electron chi connectivity index (χ3n) is 4.13. The highest BCUT2D eigenvalue weighted by atomic mass is 16.5. The van der Waals surface area contributed by atoms with Gasteiger partial charge in [-0.05, 0) is 12.5 Å². The molecule has 2 amide bonds. The van der Waals surface area contributed by atoms with Crippen LogP contribution < -0.4 is 9.47 Å². The van der Waals surface area contributed by atoms with Crippen LogP contribution in [0, 0.1) is 0 Å². The summed E-state index contributed by atoms with van der Waals surface area (Å²) in [6.07, 6.45) is 1.10. The van der Waals surface area contributed by atoms with Crippen molar-refractivity contribution in [3.8, 4) is 11.5 Å². The molecule has 1 aromatic rings. The highest BCUT2D eigenvalue weighted by Gasteiger charge is 2.21. The summed E-state index contributed by atoms with van der Waals surface area (Å²) in [5, 5.41) is 0. The number of amides is 2. The Hall–Kier alpha value is -2.24. The minimum atomic E-state index is 0.0545. The van der Waals surface area contributed by atoms with Gasteiger partial charge in [-0.15, -0.1) is 0 Å². The van der Waals surface area contributed by atoms with Crippen LogP contribution in [0.3, 0.4) is 0 Å². The first-order chi connectivity index (χ1) is 11.0. The van der Waals surface area contributed by atoms with E-state index in [2.05, 4.69) is 0 Å². The van der Waals surface area contributed by atoms with E-state index in [1.807, 2.05) is 17.0 Å². The fourth-order valence-corrected chi connectivity index (χ4v) is 2.75. The van der Waals surface area contributed by atoms with Crippen LogP contribution in [0.1, 0.15) is 18.9 Å². The first kappa shape index (κ1) is 17.1. The Balaban J connectivity index is 2.03. The van der Waals surface area contributed by atoms with E-state index in [9.17, 15) is 9.59 Å². The van der Waals surface area contributed by atoms with Gasteiger partial charge in [0.2, 0.25) is 11.8 Å². The fraction of sp³-hybridized carbons (Fsp3) is 0.529. The van der Waals surface area contributed by atoms with Gasteiger partial charge in [-0.25, -0.2) is 0 Å². The van der Waals surface area contributed by atoms with Gasteiger partial charge in [0.15, 0.2) is 0 Å². The first-order valence-electron chi connectivity index (χ1n) is 7.79. The van der Waals surface area contributed by atoms with Crippen LogP contribution in [0.5, 0.6) is 11.5 Å². The maximum atomic E-state index is 12.6. The first-order valence-corrected chi connectivity index (χ1v) is 7.79. The van der Waals surface area contributed by atoms with Crippen LogP contribution in [-0.2, 0) is 16.0 Å². The number of benzene rings is 1. The maximum Gasteiger partial charge on any atom is 0.227 e. The molecule has 1 heterocycles. The summed E-state index contributed by atoms with van der Waals surface area (Å²) in [6.45, 7) is 4.14. The van der Waals surface area contributed by atoms with Gasteiger partial charge in [0.1, 0.15) is 11.5 Å².